The average Bonchev–Trinajstić information content (AvgIpc) is 3.21. The molecule has 6 rings (SSSR count). The van der Waals surface area contributed by atoms with Gasteiger partial charge in [-0.3, -0.25) is 14.5 Å². The summed E-state index contributed by atoms with van der Waals surface area (Å²) in [5, 5.41) is 15.5. The summed E-state index contributed by atoms with van der Waals surface area (Å²) in [6, 6.07) is 28.8. The first-order chi connectivity index (χ1) is 26.7. The standard InChI is InChI=1S/C45H55N3O7/c1-30-42(28-48-21-19-37-24-40(52-3)41(53-4)25-39(37)27-48)54-45(55-44(30)34-17-15-32(29-49)16-18-34)38-13-9-12-36(23-38)35-11-8-10-33(22-35)26-47-43(51)14-6-5-7-20-46-31(2)50/h8-13,15-18,22-25,30,42,44-45,49H,5-7,14,19-21,26-29H2,1-4H3,(H,46,50)(H,47,51)/t30-,42+,44+,45+/m1/s1. The largest absolute Gasteiger partial charge is 0.493 e. The van der Waals surface area contributed by atoms with E-state index in [1.54, 1.807) is 14.2 Å². The van der Waals surface area contributed by atoms with Gasteiger partial charge in [0.1, 0.15) is 0 Å². The van der Waals surface area contributed by atoms with Gasteiger partial charge in [0.15, 0.2) is 17.8 Å². The Balaban J connectivity index is 1.15. The molecule has 0 saturated carbocycles. The third-order valence-electron chi connectivity index (χ3n) is 10.7. The molecule has 0 aromatic heterocycles. The van der Waals surface area contributed by atoms with Gasteiger partial charge >= 0.3 is 0 Å². The van der Waals surface area contributed by atoms with Crippen molar-refractivity contribution in [1.82, 2.24) is 15.5 Å². The number of hydrogen-bond donors (Lipinski definition) is 3. The molecule has 10 nitrogen and oxygen atoms in total. The third-order valence-corrected chi connectivity index (χ3v) is 10.7. The minimum atomic E-state index is -0.592. The fourth-order valence-corrected chi connectivity index (χ4v) is 7.55. The first-order valence-corrected chi connectivity index (χ1v) is 19.4. The summed E-state index contributed by atoms with van der Waals surface area (Å²) in [6.45, 7) is 7.23. The number of methoxy groups -OCH3 is 2. The number of rotatable bonds is 16. The van der Waals surface area contributed by atoms with Crippen molar-refractivity contribution in [1.29, 1.82) is 0 Å². The van der Waals surface area contributed by atoms with Gasteiger partial charge in [0.05, 0.1) is 33.0 Å². The smallest absolute Gasteiger partial charge is 0.220 e. The monoisotopic (exact) mass is 749 g/mol. The molecule has 4 atom stereocenters. The number of aliphatic hydroxyl groups is 1. The SMILES string of the molecule is COc1cc2c(cc1OC)CN(C[C@@H]1O[C@H](c3cccc(-c4cccc(CNC(=O)CCCCCNC(C)=O)c4)c3)O[C@H](c3ccc(CO)cc3)[C@@H]1C)CC2. The lowest BCUT2D eigenvalue weighted by atomic mass is 9.89. The van der Waals surface area contributed by atoms with Crippen LogP contribution in [0.2, 0.25) is 0 Å². The molecule has 2 heterocycles. The number of benzene rings is 4. The van der Waals surface area contributed by atoms with E-state index >= 15 is 0 Å². The lowest BCUT2D eigenvalue weighted by Gasteiger charge is -2.43. The summed E-state index contributed by atoms with van der Waals surface area (Å²) in [7, 11) is 3.35. The maximum absolute atomic E-state index is 12.5. The van der Waals surface area contributed by atoms with Gasteiger partial charge in [-0.1, -0.05) is 74.0 Å². The van der Waals surface area contributed by atoms with E-state index in [4.69, 9.17) is 18.9 Å². The normalized spacial score (nSPS) is 19.7. The summed E-state index contributed by atoms with van der Waals surface area (Å²) < 4.78 is 24.9. The van der Waals surface area contributed by atoms with Gasteiger partial charge in [-0.2, -0.15) is 0 Å². The van der Waals surface area contributed by atoms with E-state index in [0.717, 1.165) is 90.2 Å². The Labute approximate surface area is 325 Å². The number of hydrogen-bond acceptors (Lipinski definition) is 8. The van der Waals surface area contributed by atoms with Crippen molar-refractivity contribution in [3.05, 3.63) is 118 Å². The molecule has 0 aliphatic carbocycles. The Kier molecular flexibility index (Phi) is 14.0. The number of nitrogens with zero attached hydrogens (tertiary/aromatic N) is 1. The summed E-state index contributed by atoms with van der Waals surface area (Å²) in [4.78, 5) is 26.0. The molecule has 55 heavy (non-hydrogen) atoms. The van der Waals surface area contributed by atoms with E-state index < -0.39 is 6.29 Å². The Morgan fingerprint density at radius 2 is 1.55 bits per heavy atom. The van der Waals surface area contributed by atoms with Crippen molar-refractivity contribution < 1.29 is 33.6 Å². The molecule has 0 bridgehead atoms. The lowest BCUT2D eigenvalue weighted by molar-refractivity contribution is -0.276. The van der Waals surface area contributed by atoms with Crippen LogP contribution in [0.5, 0.6) is 11.5 Å². The molecule has 4 aromatic rings. The van der Waals surface area contributed by atoms with Crippen LogP contribution >= 0.6 is 0 Å². The van der Waals surface area contributed by atoms with Crippen LogP contribution in [0.1, 0.15) is 85.3 Å². The van der Waals surface area contributed by atoms with Gasteiger partial charge < -0.3 is 34.7 Å². The van der Waals surface area contributed by atoms with E-state index in [0.29, 0.717) is 19.5 Å². The maximum Gasteiger partial charge on any atom is 0.220 e. The fourth-order valence-electron chi connectivity index (χ4n) is 7.55. The number of carbonyl (C=O) groups excluding carboxylic acids is 2. The highest BCUT2D eigenvalue weighted by molar-refractivity contribution is 5.76. The molecule has 0 unspecified atom stereocenters. The van der Waals surface area contributed by atoms with Crippen molar-refractivity contribution in [2.45, 2.75) is 84.1 Å². The average molecular weight is 750 g/mol. The molecule has 2 amide bonds. The van der Waals surface area contributed by atoms with E-state index in [1.165, 1.54) is 18.1 Å². The Morgan fingerprint density at radius 1 is 0.818 bits per heavy atom. The van der Waals surface area contributed by atoms with Gasteiger partial charge in [-0.15, -0.1) is 0 Å². The predicted molar refractivity (Wildman–Crippen MR) is 212 cm³/mol. The van der Waals surface area contributed by atoms with Crippen molar-refractivity contribution in [3.8, 4) is 22.6 Å². The molecule has 0 spiro atoms. The van der Waals surface area contributed by atoms with Crippen LogP contribution in [0.4, 0.5) is 0 Å². The number of unbranched alkanes of at least 4 members (excludes halogenated alkanes) is 2. The van der Waals surface area contributed by atoms with Crippen molar-refractivity contribution >= 4 is 11.8 Å². The number of carbonyl (C=O) groups is 2. The van der Waals surface area contributed by atoms with Crippen molar-refractivity contribution in [3.63, 3.8) is 0 Å². The van der Waals surface area contributed by atoms with Gasteiger partial charge in [-0.05, 0) is 82.5 Å². The zero-order chi connectivity index (χ0) is 38.7. The van der Waals surface area contributed by atoms with E-state index in [1.807, 2.05) is 30.3 Å². The molecular formula is C45H55N3O7. The van der Waals surface area contributed by atoms with Crippen molar-refractivity contribution in [2.24, 2.45) is 5.92 Å². The molecule has 3 N–H and O–H groups in total. The molecule has 2 aliphatic heterocycles. The van der Waals surface area contributed by atoms with Crippen molar-refractivity contribution in [2.75, 3.05) is 33.9 Å². The van der Waals surface area contributed by atoms with Gasteiger partial charge in [0, 0.05) is 57.5 Å². The number of ether oxygens (including phenoxy) is 4. The number of aliphatic hydroxyl groups excluding tert-OH is 1. The molecule has 2 aliphatic rings. The minimum Gasteiger partial charge on any atom is -0.493 e. The van der Waals surface area contributed by atoms with Crippen LogP contribution in [0.25, 0.3) is 11.1 Å². The van der Waals surface area contributed by atoms with Crippen LogP contribution in [0.3, 0.4) is 0 Å². The summed E-state index contributed by atoms with van der Waals surface area (Å²) >= 11 is 0. The lowest BCUT2D eigenvalue weighted by Crippen LogP contribution is -2.45. The quantitative estimate of drug-likeness (QED) is 0.105. The molecule has 1 saturated heterocycles. The van der Waals surface area contributed by atoms with Crippen LogP contribution in [-0.4, -0.2) is 61.8 Å². The predicted octanol–water partition coefficient (Wildman–Crippen LogP) is 7.03. The minimum absolute atomic E-state index is 0.00863. The van der Waals surface area contributed by atoms with Crippen LogP contribution in [0.15, 0.2) is 84.9 Å². The first kappa shape index (κ1) is 39.9. The third kappa shape index (κ3) is 10.5. The summed E-state index contributed by atoms with van der Waals surface area (Å²) in [5.41, 5.74) is 8.47. The number of fused-ring (bicyclic) bond motifs is 1. The Hall–Kier alpha value is -4.74. The highest BCUT2D eigenvalue weighted by Gasteiger charge is 2.39. The highest BCUT2D eigenvalue weighted by atomic mass is 16.7. The second-order valence-electron chi connectivity index (χ2n) is 14.7. The van der Waals surface area contributed by atoms with E-state index in [2.05, 4.69) is 77.1 Å². The summed E-state index contributed by atoms with van der Waals surface area (Å²) in [5.74, 6) is 1.55. The van der Waals surface area contributed by atoms with Crippen LogP contribution < -0.4 is 20.1 Å². The molecular weight excluding hydrogens is 695 g/mol. The Bertz CT molecular complexity index is 1900. The Morgan fingerprint density at radius 3 is 2.27 bits per heavy atom. The first-order valence-electron chi connectivity index (χ1n) is 19.4. The highest BCUT2D eigenvalue weighted by Crippen LogP contribution is 2.43. The fraction of sp³-hybridized carbons (Fsp3) is 0.422. The second-order valence-corrected chi connectivity index (χ2v) is 14.7. The molecule has 292 valence electrons. The maximum atomic E-state index is 12.5. The topological polar surface area (TPSA) is 119 Å². The number of nitrogens with one attached hydrogen (secondary N) is 2. The van der Waals surface area contributed by atoms with Crippen LogP contribution in [-0.2, 0) is 45.2 Å². The zero-order valence-electron chi connectivity index (χ0n) is 32.5. The number of amides is 2. The molecule has 0 radical (unpaired) electrons. The van der Waals surface area contributed by atoms with E-state index in [9.17, 15) is 14.7 Å². The van der Waals surface area contributed by atoms with Gasteiger partial charge in [0.25, 0.3) is 0 Å². The van der Waals surface area contributed by atoms with E-state index in [-0.39, 0.29) is 36.5 Å². The zero-order valence-corrected chi connectivity index (χ0v) is 32.5. The summed E-state index contributed by atoms with van der Waals surface area (Å²) in [6.07, 6.45) is 2.99. The van der Waals surface area contributed by atoms with Crippen LogP contribution in [0, 0.1) is 5.92 Å². The molecule has 1 fully saturated rings. The second kappa shape index (κ2) is 19.2. The van der Waals surface area contributed by atoms with Gasteiger partial charge in [0.2, 0.25) is 11.8 Å². The molecule has 4 aromatic carbocycles. The van der Waals surface area contributed by atoms with Gasteiger partial charge in [-0.25, -0.2) is 0 Å². The molecule has 10 heteroatoms.